The van der Waals surface area contributed by atoms with Gasteiger partial charge in [-0.3, -0.25) is 24.6 Å². The molecule has 0 saturated carbocycles. The lowest BCUT2D eigenvalue weighted by Gasteiger charge is -2.39. The van der Waals surface area contributed by atoms with Gasteiger partial charge in [-0.25, -0.2) is 0 Å². The Balaban J connectivity index is 1.69. The fraction of sp³-hybridized carbons (Fsp3) is 0.364. The van der Waals surface area contributed by atoms with Gasteiger partial charge in [-0.05, 0) is 25.0 Å². The van der Waals surface area contributed by atoms with Crippen molar-refractivity contribution in [2.24, 2.45) is 0 Å². The molecule has 1 aliphatic heterocycles. The molecule has 0 bridgehead atoms. The van der Waals surface area contributed by atoms with Gasteiger partial charge < -0.3 is 10.0 Å². The molecule has 0 spiro atoms. The van der Waals surface area contributed by atoms with Crippen molar-refractivity contribution in [3.05, 3.63) is 74.3 Å². The molecule has 0 unspecified atom stereocenters. The summed E-state index contributed by atoms with van der Waals surface area (Å²) in [5, 5.41) is 20.1. The number of aliphatic carboxylic acids is 1. The average Bonchev–Trinajstić information content (AvgIpc) is 2.74. The van der Waals surface area contributed by atoms with E-state index in [9.17, 15) is 19.7 Å². The number of nitro benzene ring substituents is 1. The minimum atomic E-state index is -0.835. The number of carbonyl (C=O) groups is 2. The van der Waals surface area contributed by atoms with Crippen LogP contribution in [0.4, 0.5) is 5.69 Å². The first-order valence-corrected chi connectivity index (χ1v) is 10.4. The normalized spacial score (nSPS) is 15.5. The van der Waals surface area contributed by atoms with Crippen LogP contribution in [-0.4, -0.2) is 57.9 Å². The van der Waals surface area contributed by atoms with E-state index in [1.54, 1.807) is 4.90 Å². The maximum absolute atomic E-state index is 12.9. The van der Waals surface area contributed by atoms with Gasteiger partial charge in [-0.2, -0.15) is 0 Å². The summed E-state index contributed by atoms with van der Waals surface area (Å²) in [7, 11) is 0. The minimum absolute atomic E-state index is 0.0445. The number of amides is 1. The molecule has 1 heterocycles. The molecule has 1 atom stereocenters. The fourth-order valence-electron chi connectivity index (χ4n) is 3.81. The number of aryl methyl sites for hydroxylation is 1. The third kappa shape index (κ3) is 5.59. The summed E-state index contributed by atoms with van der Waals surface area (Å²) in [6.45, 7) is 4.11. The Hall–Kier alpha value is -2.97. The van der Waals surface area contributed by atoms with E-state index < -0.39 is 10.9 Å². The lowest BCUT2D eigenvalue weighted by molar-refractivity contribution is -0.384. The highest BCUT2D eigenvalue weighted by Crippen LogP contribution is 2.29. The Morgan fingerprint density at radius 1 is 1.13 bits per heavy atom. The monoisotopic (exact) mass is 445 g/mol. The Labute approximate surface area is 185 Å². The first-order valence-electron chi connectivity index (χ1n) is 10.0. The molecule has 1 saturated heterocycles. The van der Waals surface area contributed by atoms with Crippen molar-refractivity contribution in [1.82, 2.24) is 9.80 Å². The van der Waals surface area contributed by atoms with Crippen LogP contribution in [0.1, 0.15) is 40.4 Å². The summed E-state index contributed by atoms with van der Waals surface area (Å²) < 4.78 is 0. The van der Waals surface area contributed by atoms with Gasteiger partial charge in [0.1, 0.15) is 0 Å². The van der Waals surface area contributed by atoms with E-state index in [0.29, 0.717) is 32.6 Å². The van der Waals surface area contributed by atoms with Crippen LogP contribution in [0, 0.1) is 17.0 Å². The van der Waals surface area contributed by atoms with Crippen molar-refractivity contribution in [1.29, 1.82) is 0 Å². The zero-order valence-corrected chi connectivity index (χ0v) is 17.9. The molecule has 2 aromatic carbocycles. The Kier molecular flexibility index (Phi) is 7.25. The van der Waals surface area contributed by atoms with Crippen molar-refractivity contribution in [2.75, 3.05) is 26.2 Å². The smallest absolute Gasteiger partial charge is 0.303 e. The Morgan fingerprint density at radius 3 is 2.32 bits per heavy atom. The number of hydrogen-bond acceptors (Lipinski definition) is 5. The summed E-state index contributed by atoms with van der Waals surface area (Å²) in [6, 6.07) is 11.9. The molecule has 164 valence electrons. The molecule has 2 aromatic rings. The number of hydrogen-bond donors (Lipinski definition) is 1. The van der Waals surface area contributed by atoms with Crippen molar-refractivity contribution in [3.63, 3.8) is 0 Å². The van der Waals surface area contributed by atoms with Crippen molar-refractivity contribution < 1.29 is 19.6 Å². The van der Waals surface area contributed by atoms with Gasteiger partial charge in [0.2, 0.25) is 0 Å². The minimum Gasteiger partial charge on any atom is -0.481 e. The number of halogens is 1. The molecule has 1 amide bonds. The molecule has 1 fully saturated rings. The first-order chi connectivity index (χ1) is 14.8. The predicted octanol–water partition coefficient (Wildman–Crippen LogP) is 3.92. The average molecular weight is 446 g/mol. The summed E-state index contributed by atoms with van der Waals surface area (Å²) in [5.74, 6) is -1.10. The quantitative estimate of drug-likeness (QED) is 0.511. The number of nitrogens with zero attached hydrogens (tertiary/aromatic N) is 3. The van der Waals surface area contributed by atoms with Gasteiger partial charge in [-0.1, -0.05) is 41.4 Å². The summed E-state index contributed by atoms with van der Waals surface area (Å²) >= 11 is 6.11. The predicted molar refractivity (Wildman–Crippen MR) is 116 cm³/mol. The second-order valence-corrected chi connectivity index (χ2v) is 8.02. The lowest BCUT2D eigenvalue weighted by Crippen LogP contribution is -2.49. The Morgan fingerprint density at radius 2 is 1.77 bits per heavy atom. The molecule has 9 heteroatoms. The number of carboxylic acids is 1. The third-order valence-electron chi connectivity index (χ3n) is 5.53. The first kappa shape index (κ1) is 22.7. The van der Waals surface area contributed by atoms with Crippen LogP contribution in [0.3, 0.4) is 0 Å². The number of carbonyl (C=O) groups excluding carboxylic acids is 1. The standard InChI is InChI=1S/C22H24ClN3O5/c1-15-2-4-16(5-3-15)20(8-9-21(27)28)24-10-12-25(13-11-24)22(29)18-7-6-17(26(30)31)14-19(18)23/h2-7,14,20H,8-13H2,1H3,(H,27,28)/t20-/m1/s1. The summed E-state index contributed by atoms with van der Waals surface area (Å²) in [5.41, 5.74) is 2.27. The fourth-order valence-corrected chi connectivity index (χ4v) is 4.06. The van der Waals surface area contributed by atoms with Crippen LogP contribution in [0.25, 0.3) is 0 Å². The molecule has 0 aromatic heterocycles. The van der Waals surface area contributed by atoms with Crippen LogP contribution < -0.4 is 0 Å². The number of rotatable bonds is 7. The van der Waals surface area contributed by atoms with E-state index in [1.165, 1.54) is 18.2 Å². The van der Waals surface area contributed by atoms with Crippen LogP contribution in [-0.2, 0) is 4.79 Å². The lowest BCUT2D eigenvalue weighted by atomic mass is 9.98. The van der Waals surface area contributed by atoms with Gasteiger partial charge in [0.15, 0.2) is 0 Å². The SMILES string of the molecule is Cc1ccc([C@@H](CCC(=O)O)N2CCN(C(=O)c3ccc([N+](=O)[O-])cc3Cl)CC2)cc1. The van der Waals surface area contributed by atoms with Gasteiger partial charge in [0.05, 0.1) is 15.5 Å². The van der Waals surface area contributed by atoms with Gasteiger partial charge >= 0.3 is 5.97 Å². The highest BCUT2D eigenvalue weighted by atomic mass is 35.5. The molecule has 3 rings (SSSR count). The van der Waals surface area contributed by atoms with Crippen LogP contribution in [0.15, 0.2) is 42.5 Å². The topological polar surface area (TPSA) is 104 Å². The van der Waals surface area contributed by atoms with E-state index >= 15 is 0 Å². The zero-order valence-electron chi connectivity index (χ0n) is 17.2. The van der Waals surface area contributed by atoms with E-state index in [-0.39, 0.29) is 34.6 Å². The number of piperazine rings is 1. The molecular formula is C22H24ClN3O5. The second-order valence-electron chi connectivity index (χ2n) is 7.61. The van der Waals surface area contributed by atoms with E-state index in [0.717, 1.165) is 11.1 Å². The van der Waals surface area contributed by atoms with Crippen molar-refractivity contribution in [2.45, 2.75) is 25.8 Å². The van der Waals surface area contributed by atoms with Gasteiger partial charge in [-0.15, -0.1) is 0 Å². The largest absolute Gasteiger partial charge is 0.481 e. The summed E-state index contributed by atoms with van der Waals surface area (Å²) in [4.78, 5) is 38.2. The van der Waals surface area contributed by atoms with Crippen LogP contribution >= 0.6 is 11.6 Å². The number of non-ortho nitro benzene ring substituents is 1. The zero-order chi connectivity index (χ0) is 22.5. The van der Waals surface area contributed by atoms with Crippen LogP contribution in [0.2, 0.25) is 5.02 Å². The molecular weight excluding hydrogens is 422 g/mol. The van der Waals surface area contributed by atoms with E-state index in [1.807, 2.05) is 31.2 Å². The molecule has 0 radical (unpaired) electrons. The van der Waals surface area contributed by atoms with E-state index in [4.69, 9.17) is 16.7 Å². The molecule has 0 aliphatic carbocycles. The molecule has 31 heavy (non-hydrogen) atoms. The third-order valence-corrected chi connectivity index (χ3v) is 5.84. The molecule has 1 N–H and O–H groups in total. The Bertz CT molecular complexity index is 972. The number of carboxylic acid groups (broad SMARTS) is 1. The highest BCUT2D eigenvalue weighted by Gasteiger charge is 2.29. The summed E-state index contributed by atoms with van der Waals surface area (Å²) in [6.07, 6.45) is 0.552. The maximum Gasteiger partial charge on any atom is 0.303 e. The molecule has 1 aliphatic rings. The van der Waals surface area contributed by atoms with Crippen molar-refractivity contribution >= 4 is 29.2 Å². The maximum atomic E-state index is 12.9. The van der Waals surface area contributed by atoms with E-state index in [2.05, 4.69) is 4.90 Å². The van der Waals surface area contributed by atoms with Crippen LogP contribution in [0.5, 0.6) is 0 Å². The van der Waals surface area contributed by atoms with Crippen molar-refractivity contribution in [3.8, 4) is 0 Å². The second kappa shape index (κ2) is 9.89. The molecule has 8 nitrogen and oxygen atoms in total. The highest BCUT2D eigenvalue weighted by molar-refractivity contribution is 6.34. The van der Waals surface area contributed by atoms with Gasteiger partial charge in [0, 0.05) is 50.8 Å². The number of nitro groups is 1. The number of benzene rings is 2. The van der Waals surface area contributed by atoms with Gasteiger partial charge in [0.25, 0.3) is 11.6 Å².